The number of ether oxygens (including phenoxy) is 1. The largest absolute Gasteiger partial charge is 0.478 e. The Morgan fingerprint density at radius 2 is 1.39 bits per heavy atom. The zero-order valence-corrected chi connectivity index (χ0v) is 26.5. The Morgan fingerprint density at radius 1 is 0.780 bits per heavy atom. The first-order chi connectivity index (χ1) is 19.3. The average molecular weight is 551 g/mol. The number of carboxylic acids is 1. The molecule has 0 atom stereocenters. The van der Waals surface area contributed by atoms with E-state index in [0.717, 1.165) is 100 Å². The summed E-state index contributed by atoms with van der Waals surface area (Å²) in [6, 6.07) is 2.35. The van der Waals surface area contributed by atoms with Gasteiger partial charge in [-0.1, -0.05) is 20.8 Å². The number of hydrogen-bond acceptors (Lipinski definition) is 2. The van der Waals surface area contributed by atoms with Crippen molar-refractivity contribution < 1.29 is 14.6 Å². The van der Waals surface area contributed by atoms with Crippen LogP contribution in [0.4, 0.5) is 0 Å². The Morgan fingerprint density at radius 3 is 2.02 bits per heavy atom. The molecular weight excluding hydrogens is 506 g/mol. The fourth-order valence-electron chi connectivity index (χ4n) is 8.20. The van der Waals surface area contributed by atoms with E-state index in [0.29, 0.717) is 5.56 Å². The van der Waals surface area contributed by atoms with Crippen LogP contribution in [-0.4, -0.2) is 24.2 Å². The standard InChI is InChI=1S/C37H43NO3/c1-18-19(2)21(4)30(36(39)40)28(20(18)3)31-27-17-25-13-11-15-38-16-12-14-26(33(25)38)35(27)41-34-24(7)32(37(8,9)10)23(6)22(5)29(31)34/h17H,11-16H2,1-10H3/p+1. The molecule has 0 radical (unpaired) electrons. The van der Waals surface area contributed by atoms with Crippen molar-refractivity contribution in [1.29, 1.82) is 0 Å². The molecule has 0 bridgehead atoms. The molecule has 0 unspecified atom stereocenters. The molecule has 214 valence electrons. The summed E-state index contributed by atoms with van der Waals surface area (Å²) < 4.78 is 9.69. The predicted molar refractivity (Wildman–Crippen MR) is 167 cm³/mol. The SMILES string of the molecule is Cc1c(C)c(C)c(C2=c3cc4c5c(c3Oc3c(C)c(C(C)(C)C)c(C)c(C)c32)CCC[N+]=5CCC4)c(C(=O)O)c1C. The summed E-state index contributed by atoms with van der Waals surface area (Å²) in [5.41, 5.74) is 15.0. The third-order valence-corrected chi connectivity index (χ3v) is 10.4. The zero-order chi connectivity index (χ0) is 29.7. The maximum atomic E-state index is 13.1. The molecule has 0 aliphatic carbocycles. The molecule has 3 aliphatic rings. The van der Waals surface area contributed by atoms with Crippen molar-refractivity contribution in [2.75, 3.05) is 13.1 Å². The lowest BCUT2D eigenvalue weighted by molar-refractivity contribution is 0.0695. The average Bonchev–Trinajstić information content (AvgIpc) is 2.91. The third-order valence-electron chi connectivity index (χ3n) is 10.4. The number of hydrogen-bond donors (Lipinski definition) is 1. The monoisotopic (exact) mass is 550 g/mol. The van der Waals surface area contributed by atoms with Gasteiger partial charge < -0.3 is 9.84 Å². The number of benzene rings is 3. The van der Waals surface area contributed by atoms with Crippen LogP contribution in [0.3, 0.4) is 0 Å². The number of fused-ring (bicyclic) bond motifs is 3. The topological polar surface area (TPSA) is 49.5 Å². The van der Waals surface area contributed by atoms with Crippen LogP contribution in [0, 0.1) is 48.5 Å². The fourth-order valence-corrected chi connectivity index (χ4v) is 8.20. The van der Waals surface area contributed by atoms with Crippen LogP contribution in [0.1, 0.15) is 111 Å². The van der Waals surface area contributed by atoms with E-state index in [2.05, 4.69) is 73.0 Å². The fraction of sp³-hybridized carbons (Fsp3) is 0.459. The van der Waals surface area contributed by atoms with Crippen LogP contribution < -0.4 is 19.9 Å². The quantitative estimate of drug-likeness (QED) is 0.287. The molecule has 0 fully saturated rings. The molecule has 4 heteroatoms. The highest BCUT2D eigenvalue weighted by Crippen LogP contribution is 2.48. The van der Waals surface area contributed by atoms with E-state index >= 15 is 0 Å². The van der Waals surface area contributed by atoms with Crippen molar-refractivity contribution in [3.05, 3.63) is 89.0 Å². The van der Waals surface area contributed by atoms with Crippen molar-refractivity contribution in [1.82, 2.24) is 4.58 Å². The minimum atomic E-state index is -0.867. The van der Waals surface area contributed by atoms with E-state index in [1.807, 2.05) is 6.92 Å². The molecule has 0 amide bonds. The first kappa shape index (κ1) is 27.8. The number of nitrogens with zero attached hydrogens (tertiary/aromatic N) is 1. The van der Waals surface area contributed by atoms with Crippen molar-refractivity contribution in [2.24, 2.45) is 0 Å². The molecule has 6 rings (SSSR count). The number of aromatic carboxylic acids is 1. The molecule has 0 spiro atoms. The zero-order valence-electron chi connectivity index (χ0n) is 26.5. The van der Waals surface area contributed by atoms with Gasteiger partial charge in [-0.05, 0) is 117 Å². The second-order valence-corrected chi connectivity index (χ2v) is 13.7. The number of aryl methyl sites for hydroxylation is 1. The molecule has 41 heavy (non-hydrogen) atoms. The van der Waals surface area contributed by atoms with Gasteiger partial charge in [0, 0.05) is 40.3 Å². The van der Waals surface area contributed by atoms with Crippen molar-refractivity contribution >= 4 is 11.5 Å². The van der Waals surface area contributed by atoms with Gasteiger partial charge in [-0.15, -0.1) is 0 Å². The van der Waals surface area contributed by atoms with E-state index < -0.39 is 5.97 Å². The molecular formula is C37H44NO3+. The van der Waals surface area contributed by atoms with Gasteiger partial charge in [-0.3, -0.25) is 0 Å². The molecule has 1 N–H and O–H groups in total. The second-order valence-electron chi connectivity index (χ2n) is 13.7. The summed E-state index contributed by atoms with van der Waals surface area (Å²) in [5.74, 6) is 0.973. The molecule has 3 aromatic rings. The predicted octanol–water partition coefficient (Wildman–Crippen LogP) is 6.58. The van der Waals surface area contributed by atoms with Crippen LogP contribution in [0.25, 0.3) is 5.57 Å². The van der Waals surface area contributed by atoms with Crippen molar-refractivity contribution in [2.45, 2.75) is 100 Å². The van der Waals surface area contributed by atoms with Gasteiger partial charge in [0.2, 0.25) is 5.36 Å². The third kappa shape index (κ3) is 3.86. The maximum Gasteiger partial charge on any atom is 0.336 e. The van der Waals surface area contributed by atoms with Crippen LogP contribution in [0.2, 0.25) is 0 Å². The Bertz CT molecular complexity index is 1830. The first-order valence-corrected chi connectivity index (χ1v) is 15.2. The molecule has 0 saturated carbocycles. The first-order valence-electron chi connectivity index (χ1n) is 15.2. The Hall–Kier alpha value is -3.40. The highest BCUT2D eigenvalue weighted by Gasteiger charge is 2.37. The van der Waals surface area contributed by atoms with E-state index in [1.54, 1.807) is 0 Å². The van der Waals surface area contributed by atoms with Gasteiger partial charge in [0.25, 0.3) is 0 Å². The minimum Gasteiger partial charge on any atom is -0.478 e. The van der Waals surface area contributed by atoms with Gasteiger partial charge in [-0.2, -0.15) is 0 Å². The lowest BCUT2D eigenvalue weighted by atomic mass is 9.74. The summed E-state index contributed by atoms with van der Waals surface area (Å²) in [6.45, 7) is 23.9. The van der Waals surface area contributed by atoms with Crippen LogP contribution >= 0.6 is 0 Å². The van der Waals surface area contributed by atoms with Gasteiger partial charge in [0.05, 0.1) is 11.1 Å². The van der Waals surface area contributed by atoms with Crippen molar-refractivity contribution in [3.8, 4) is 11.5 Å². The Balaban J connectivity index is 1.92. The summed E-state index contributed by atoms with van der Waals surface area (Å²) in [5, 5.41) is 13.2. The van der Waals surface area contributed by atoms with E-state index in [9.17, 15) is 9.90 Å². The van der Waals surface area contributed by atoms with Crippen molar-refractivity contribution in [3.63, 3.8) is 0 Å². The smallest absolute Gasteiger partial charge is 0.336 e. The number of carbonyl (C=O) groups is 1. The summed E-state index contributed by atoms with van der Waals surface area (Å²) in [6.07, 6.45) is 4.28. The number of carboxylic acid groups (broad SMARTS) is 1. The molecule has 0 saturated heterocycles. The van der Waals surface area contributed by atoms with Crippen LogP contribution in [0.15, 0.2) is 6.07 Å². The molecule has 3 heterocycles. The van der Waals surface area contributed by atoms with Gasteiger partial charge in [-0.25, -0.2) is 9.37 Å². The van der Waals surface area contributed by atoms with E-state index in [1.165, 1.54) is 33.2 Å². The lowest BCUT2D eigenvalue weighted by Gasteiger charge is -2.34. The van der Waals surface area contributed by atoms with Crippen LogP contribution in [0.5, 0.6) is 11.5 Å². The normalized spacial score (nSPS) is 15.8. The summed E-state index contributed by atoms with van der Waals surface area (Å²) in [4.78, 5) is 13.1. The molecule has 0 aromatic heterocycles. The maximum absolute atomic E-state index is 13.1. The van der Waals surface area contributed by atoms with Gasteiger partial charge >= 0.3 is 5.97 Å². The summed E-state index contributed by atoms with van der Waals surface area (Å²) in [7, 11) is 0. The Kier molecular flexibility index (Phi) is 6.30. The number of rotatable bonds is 2. The minimum absolute atomic E-state index is 0.0577. The Labute approximate surface area is 244 Å². The van der Waals surface area contributed by atoms with E-state index in [-0.39, 0.29) is 5.41 Å². The summed E-state index contributed by atoms with van der Waals surface area (Å²) >= 11 is 0. The molecule has 3 aliphatic heterocycles. The highest BCUT2D eigenvalue weighted by atomic mass is 16.5. The van der Waals surface area contributed by atoms with Gasteiger partial charge in [0.15, 0.2) is 0 Å². The van der Waals surface area contributed by atoms with Gasteiger partial charge in [0.1, 0.15) is 24.6 Å². The molecule has 4 nitrogen and oxygen atoms in total. The van der Waals surface area contributed by atoms with Crippen LogP contribution in [-0.2, 0) is 18.3 Å². The highest BCUT2D eigenvalue weighted by molar-refractivity contribution is 6.02. The second kappa shape index (κ2) is 9.31. The van der Waals surface area contributed by atoms with E-state index in [4.69, 9.17) is 4.74 Å². The molecule has 3 aromatic carbocycles. The lowest BCUT2D eigenvalue weighted by Crippen LogP contribution is -2.45.